The fourth-order valence-corrected chi connectivity index (χ4v) is 7.79. The van der Waals surface area contributed by atoms with Crippen LogP contribution in [-0.4, -0.2) is 72.1 Å². The lowest BCUT2D eigenvalue weighted by Gasteiger charge is -2.63. The van der Waals surface area contributed by atoms with Crippen molar-refractivity contribution in [3.63, 3.8) is 0 Å². The Hall–Kier alpha value is -4.13. The predicted octanol–water partition coefficient (Wildman–Crippen LogP) is 4.67. The summed E-state index contributed by atoms with van der Waals surface area (Å²) in [4.78, 5) is 66.1. The highest BCUT2D eigenvalue weighted by atomic mass is 16.6. The molecule has 3 heterocycles. The van der Waals surface area contributed by atoms with Gasteiger partial charge in [-0.05, 0) is 51.2 Å². The van der Waals surface area contributed by atoms with Crippen LogP contribution >= 0.6 is 0 Å². The molecule has 1 spiro atoms. The molecule has 3 fully saturated rings. The van der Waals surface area contributed by atoms with Crippen molar-refractivity contribution in [2.24, 2.45) is 23.2 Å². The van der Waals surface area contributed by atoms with Gasteiger partial charge >= 0.3 is 29.8 Å². The summed E-state index contributed by atoms with van der Waals surface area (Å²) in [7, 11) is 0. The summed E-state index contributed by atoms with van der Waals surface area (Å²) in [5, 5.41) is 0. The molecule has 47 heavy (non-hydrogen) atoms. The first-order valence-electron chi connectivity index (χ1n) is 15.9. The van der Waals surface area contributed by atoms with E-state index in [0.29, 0.717) is 6.42 Å². The minimum Gasteiger partial charge on any atom is -0.472 e. The second-order valence-corrected chi connectivity index (χ2v) is 13.4. The highest BCUT2D eigenvalue weighted by molar-refractivity contribution is 5.90. The van der Waals surface area contributed by atoms with Gasteiger partial charge in [0, 0.05) is 19.8 Å². The maximum absolute atomic E-state index is 13.8. The third kappa shape index (κ3) is 5.83. The second-order valence-electron chi connectivity index (χ2n) is 13.4. The number of hydrogen-bond donors (Lipinski definition) is 0. The minimum atomic E-state index is -1.76. The molecule has 256 valence electrons. The van der Waals surface area contributed by atoms with E-state index in [2.05, 4.69) is 0 Å². The number of fused-ring (bicyclic) bond motifs is 1. The molecule has 3 aliphatic rings. The predicted molar refractivity (Wildman–Crippen MR) is 160 cm³/mol. The van der Waals surface area contributed by atoms with Crippen molar-refractivity contribution in [2.75, 3.05) is 6.61 Å². The molecule has 13 heteroatoms. The normalized spacial score (nSPS) is 32.7. The number of rotatable bonds is 10. The first-order chi connectivity index (χ1) is 22.2. The number of furan rings is 2. The highest BCUT2D eigenvalue weighted by Crippen LogP contribution is 2.68. The van der Waals surface area contributed by atoms with Crippen LogP contribution in [0.4, 0.5) is 0 Å². The molecule has 2 saturated carbocycles. The van der Waals surface area contributed by atoms with Crippen LogP contribution in [0, 0.1) is 23.2 Å². The van der Waals surface area contributed by atoms with Gasteiger partial charge < -0.3 is 37.3 Å². The summed E-state index contributed by atoms with van der Waals surface area (Å²) >= 11 is 0. The van der Waals surface area contributed by atoms with Gasteiger partial charge in [0.1, 0.15) is 48.5 Å². The van der Waals surface area contributed by atoms with Gasteiger partial charge in [-0.25, -0.2) is 9.59 Å². The quantitative estimate of drug-likeness (QED) is 0.255. The molecule has 5 rings (SSSR count). The van der Waals surface area contributed by atoms with Crippen LogP contribution in [0.2, 0.25) is 0 Å². The van der Waals surface area contributed by atoms with Crippen molar-refractivity contribution in [3.8, 4) is 0 Å². The Kier molecular flexibility index (Phi) is 9.33. The fraction of sp³-hybridized carbons (Fsp3) is 0.618. The van der Waals surface area contributed by atoms with Crippen molar-refractivity contribution in [1.29, 1.82) is 0 Å². The Labute approximate surface area is 272 Å². The van der Waals surface area contributed by atoms with E-state index in [-0.39, 0.29) is 24.0 Å². The van der Waals surface area contributed by atoms with Crippen LogP contribution < -0.4 is 0 Å². The van der Waals surface area contributed by atoms with Crippen LogP contribution in [0.25, 0.3) is 0 Å². The highest BCUT2D eigenvalue weighted by Gasteiger charge is 2.83. The zero-order valence-electron chi connectivity index (χ0n) is 27.6. The van der Waals surface area contributed by atoms with Gasteiger partial charge in [0.25, 0.3) is 0 Å². The molecule has 13 nitrogen and oxygen atoms in total. The summed E-state index contributed by atoms with van der Waals surface area (Å²) in [6, 6.07) is 2.85. The average molecular weight is 659 g/mol. The summed E-state index contributed by atoms with van der Waals surface area (Å²) < 4.78 is 47.8. The molecule has 9 atom stereocenters. The molecule has 1 saturated heterocycles. The summed E-state index contributed by atoms with van der Waals surface area (Å²) in [6.07, 6.45) is 1.04. The van der Waals surface area contributed by atoms with E-state index < -0.39 is 95.2 Å². The zero-order valence-corrected chi connectivity index (χ0v) is 27.6. The smallest absolute Gasteiger partial charge is 0.341 e. The Morgan fingerprint density at radius 1 is 0.872 bits per heavy atom. The van der Waals surface area contributed by atoms with Crippen LogP contribution in [0.3, 0.4) is 0 Å². The second kappa shape index (κ2) is 12.8. The van der Waals surface area contributed by atoms with Gasteiger partial charge in [0.2, 0.25) is 0 Å². The molecule has 0 radical (unpaired) electrons. The fourth-order valence-electron chi connectivity index (χ4n) is 7.79. The van der Waals surface area contributed by atoms with Crippen LogP contribution in [0.15, 0.2) is 46.0 Å². The van der Waals surface area contributed by atoms with E-state index in [0.717, 1.165) is 0 Å². The van der Waals surface area contributed by atoms with Gasteiger partial charge in [-0.2, -0.15) is 0 Å². The van der Waals surface area contributed by atoms with Crippen molar-refractivity contribution < 1.29 is 61.2 Å². The van der Waals surface area contributed by atoms with Gasteiger partial charge in [0.05, 0.1) is 35.2 Å². The Morgan fingerprint density at radius 3 is 2.02 bits per heavy atom. The van der Waals surface area contributed by atoms with E-state index in [1.807, 2.05) is 27.7 Å². The molecular formula is C34H42O13. The maximum Gasteiger partial charge on any atom is 0.341 e. The van der Waals surface area contributed by atoms with Crippen molar-refractivity contribution >= 4 is 29.8 Å². The number of carbonyl (C=O) groups is 5. The number of hydrogen-bond acceptors (Lipinski definition) is 13. The van der Waals surface area contributed by atoms with Crippen LogP contribution in [-0.2, 0) is 42.8 Å². The van der Waals surface area contributed by atoms with E-state index in [1.165, 1.54) is 51.0 Å². The molecule has 2 aliphatic carbocycles. The van der Waals surface area contributed by atoms with Crippen LogP contribution in [0.1, 0.15) is 88.4 Å². The first kappa shape index (κ1) is 34.2. The van der Waals surface area contributed by atoms with E-state index >= 15 is 0 Å². The third-order valence-corrected chi connectivity index (χ3v) is 10.1. The lowest BCUT2D eigenvalue weighted by atomic mass is 9.47. The number of ether oxygens (including phenoxy) is 6. The van der Waals surface area contributed by atoms with E-state index in [1.54, 1.807) is 6.92 Å². The van der Waals surface area contributed by atoms with Crippen molar-refractivity contribution in [1.82, 2.24) is 0 Å². The summed E-state index contributed by atoms with van der Waals surface area (Å²) in [5.41, 5.74) is -4.11. The first-order valence-corrected chi connectivity index (χ1v) is 15.9. The Balaban J connectivity index is 1.77. The Morgan fingerprint density at radius 2 is 1.49 bits per heavy atom. The van der Waals surface area contributed by atoms with Gasteiger partial charge in [-0.1, -0.05) is 20.8 Å². The molecule has 2 bridgehead atoms. The zero-order chi connectivity index (χ0) is 34.3. The summed E-state index contributed by atoms with van der Waals surface area (Å²) in [6.45, 7) is 11.1. The standard InChI is InChI=1S/C34H42O13/c1-8-18(2)29(37)44-25-13-19(3)34-27(43-21(5)36)24(32(6,7)47-34)14-26(45-30(38)22-9-11-40-15-22)33(34,17-42-20(4)35)28(25)46-31(39)23-10-12-41-16-23/h9-12,15-16,18-19,24-28H,8,13-14,17H2,1-7H3/t18?,19-,24+,25?,26?,27?,28?,33+,34+/m0/s1. The number of esters is 5. The summed E-state index contributed by atoms with van der Waals surface area (Å²) in [5.74, 6) is -4.95. The lowest BCUT2D eigenvalue weighted by molar-refractivity contribution is -0.316. The van der Waals surface area contributed by atoms with E-state index in [9.17, 15) is 24.0 Å². The largest absolute Gasteiger partial charge is 0.472 e. The van der Waals surface area contributed by atoms with Gasteiger partial charge in [-0.3, -0.25) is 14.4 Å². The molecule has 0 amide bonds. The monoisotopic (exact) mass is 658 g/mol. The average Bonchev–Trinajstić information content (AvgIpc) is 3.76. The van der Waals surface area contributed by atoms with E-state index in [4.69, 9.17) is 37.3 Å². The molecule has 2 aromatic heterocycles. The number of carbonyl (C=O) groups excluding carboxylic acids is 5. The maximum atomic E-state index is 13.8. The third-order valence-electron chi connectivity index (χ3n) is 10.1. The van der Waals surface area contributed by atoms with Gasteiger partial charge in [-0.15, -0.1) is 0 Å². The SMILES string of the molecule is CCC(C)C(=O)OC1C[C@H](C)[C@]23OC(C)(C)[C@H](CC(OC(=O)c4ccoc4)[C@]2(COC(C)=O)C1OC(=O)c1ccoc1)C3OC(C)=O. The topological polar surface area (TPSA) is 167 Å². The van der Waals surface area contributed by atoms with Crippen molar-refractivity contribution in [2.45, 2.75) is 103 Å². The van der Waals surface area contributed by atoms with Crippen molar-refractivity contribution in [3.05, 3.63) is 48.3 Å². The molecule has 0 aromatic carbocycles. The molecule has 0 N–H and O–H groups in total. The van der Waals surface area contributed by atoms with Crippen LogP contribution in [0.5, 0.6) is 0 Å². The van der Waals surface area contributed by atoms with Gasteiger partial charge in [0.15, 0.2) is 6.10 Å². The molecule has 1 aliphatic heterocycles. The lowest BCUT2D eigenvalue weighted by Crippen LogP contribution is -2.78. The molecular weight excluding hydrogens is 616 g/mol. The molecule has 5 unspecified atom stereocenters. The Bertz CT molecular complexity index is 1480. The minimum absolute atomic E-state index is 0.0516. The molecule has 2 aromatic rings.